The molecule has 0 fully saturated rings. The number of hydrogen-bond donors (Lipinski definition) is 0. The van der Waals surface area contributed by atoms with Crippen molar-refractivity contribution in [1.82, 2.24) is 0 Å². The van der Waals surface area contributed by atoms with E-state index >= 15 is 0 Å². The number of hydrogen-bond acceptors (Lipinski definition) is 6. The van der Waals surface area contributed by atoms with Crippen molar-refractivity contribution in [2.24, 2.45) is 0 Å². The van der Waals surface area contributed by atoms with Crippen molar-refractivity contribution in [2.75, 3.05) is 13.2 Å². The molecule has 83 heavy (non-hydrogen) atoms. The van der Waals surface area contributed by atoms with Gasteiger partial charge in [-0.2, -0.15) is 0 Å². The van der Waals surface area contributed by atoms with Crippen molar-refractivity contribution in [3.63, 3.8) is 0 Å². The molecule has 6 heteroatoms. The molecule has 6 nitrogen and oxygen atoms in total. The number of unbranched alkanes of at least 4 members (excludes halogenated alkanes) is 38. The topological polar surface area (TPSA) is 78.9 Å². The van der Waals surface area contributed by atoms with E-state index in [9.17, 15) is 14.4 Å². The van der Waals surface area contributed by atoms with Gasteiger partial charge in [0.2, 0.25) is 0 Å². The number of rotatable bonds is 65. The number of ether oxygens (including phenoxy) is 3. The van der Waals surface area contributed by atoms with Gasteiger partial charge >= 0.3 is 17.9 Å². The third-order valence-corrected chi connectivity index (χ3v) is 15.5. The van der Waals surface area contributed by atoms with Gasteiger partial charge in [-0.15, -0.1) is 0 Å². The van der Waals surface area contributed by atoms with Crippen molar-refractivity contribution in [3.8, 4) is 0 Å². The van der Waals surface area contributed by atoms with E-state index in [1.54, 1.807) is 0 Å². The van der Waals surface area contributed by atoms with Gasteiger partial charge in [0.15, 0.2) is 6.10 Å². The molecule has 0 radical (unpaired) electrons. The smallest absolute Gasteiger partial charge is 0.306 e. The van der Waals surface area contributed by atoms with Gasteiger partial charge in [0, 0.05) is 19.3 Å². The quantitative estimate of drug-likeness (QED) is 0.0261. The number of carbonyl (C=O) groups excluding carboxylic acids is 3. The molecule has 478 valence electrons. The van der Waals surface area contributed by atoms with E-state index in [4.69, 9.17) is 14.2 Å². The predicted molar refractivity (Wildman–Crippen MR) is 362 cm³/mol. The van der Waals surface area contributed by atoms with Crippen LogP contribution < -0.4 is 0 Å². The molecule has 0 aromatic rings. The molecule has 0 aromatic heterocycles. The SMILES string of the molecule is CC/C=C\C/C=C\C/C=C\C/C=C\CCCCCCC(=O)OCC(COC(=O)CCCCCCCCCCCCCCCCCCC/C=C\CCCCCCCCCC)OC(=O)CCCCCCCC/C=C\C/C=C\C/C=C\CCCCC. The fourth-order valence-electron chi connectivity index (χ4n) is 10.2. The van der Waals surface area contributed by atoms with Crippen LogP contribution in [0, 0.1) is 0 Å². The van der Waals surface area contributed by atoms with Crippen molar-refractivity contribution >= 4 is 17.9 Å². The number of carbonyl (C=O) groups is 3. The Morgan fingerprint density at radius 1 is 0.253 bits per heavy atom. The number of esters is 3. The van der Waals surface area contributed by atoms with Gasteiger partial charge in [-0.3, -0.25) is 14.4 Å². The van der Waals surface area contributed by atoms with Gasteiger partial charge in [0.25, 0.3) is 0 Å². The first-order chi connectivity index (χ1) is 41.0. The Balaban J connectivity index is 4.31. The Hall–Kier alpha value is -3.67. The summed E-state index contributed by atoms with van der Waals surface area (Å²) in [5.74, 6) is -0.911. The van der Waals surface area contributed by atoms with Gasteiger partial charge < -0.3 is 14.2 Å². The van der Waals surface area contributed by atoms with Crippen molar-refractivity contribution in [1.29, 1.82) is 0 Å². The van der Waals surface area contributed by atoms with Gasteiger partial charge in [0.1, 0.15) is 13.2 Å². The van der Waals surface area contributed by atoms with E-state index in [0.717, 1.165) is 122 Å². The molecule has 1 atom stereocenters. The molecule has 0 bridgehead atoms. The van der Waals surface area contributed by atoms with E-state index in [-0.39, 0.29) is 31.1 Å². The van der Waals surface area contributed by atoms with E-state index < -0.39 is 6.10 Å². The number of allylic oxidation sites excluding steroid dienone is 16. The second-order valence-corrected chi connectivity index (χ2v) is 23.8. The van der Waals surface area contributed by atoms with E-state index in [0.29, 0.717) is 19.3 Å². The molecule has 0 rings (SSSR count). The van der Waals surface area contributed by atoms with Crippen LogP contribution in [0.3, 0.4) is 0 Å². The van der Waals surface area contributed by atoms with Crippen LogP contribution in [0.25, 0.3) is 0 Å². The zero-order chi connectivity index (χ0) is 59.9. The lowest BCUT2D eigenvalue weighted by Crippen LogP contribution is -2.30. The lowest BCUT2D eigenvalue weighted by atomic mass is 10.0. The first-order valence-corrected chi connectivity index (χ1v) is 35.7. The van der Waals surface area contributed by atoms with Gasteiger partial charge in [0.05, 0.1) is 0 Å². The summed E-state index contributed by atoms with van der Waals surface area (Å²) in [7, 11) is 0. The van der Waals surface area contributed by atoms with E-state index in [1.165, 1.54) is 193 Å². The summed E-state index contributed by atoms with van der Waals surface area (Å²) < 4.78 is 17.0. The lowest BCUT2D eigenvalue weighted by Gasteiger charge is -2.18. The maximum Gasteiger partial charge on any atom is 0.306 e. The van der Waals surface area contributed by atoms with Crippen LogP contribution in [-0.2, 0) is 28.6 Å². The molecular weight excluding hydrogens is 1020 g/mol. The highest BCUT2D eigenvalue weighted by Gasteiger charge is 2.19. The summed E-state index contributed by atoms with van der Waals surface area (Å²) in [6.07, 6.45) is 95.8. The van der Waals surface area contributed by atoms with Crippen LogP contribution in [0.15, 0.2) is 97.2 Å². The first-order valence-electron chi connectivity index (χ1n) is 35.7. The molecule has 0 spiro atoms. The summed E-state index contributed by atoms with van der Waals surface area (Å²) in [4.78, 5) is 38.5. The Kier molecular flexibility index (Phi) is 67.7. The van der Waals surface area contributed by atoms with Gasteiger partial charge in [-0.1, -0.05) is 311 Å². The summed E-state index contributed by atoms with van der Waals surface area (Å²) in [5.41, 5.74) is 0. The Morgan fingerprint density at radius 2 is 0.470 bits per heavy atom. The Morgan fingerprint density at radius 3 is 0.771 bits per heavy atom. The highest BCUT2D eigenvalue weighted by atomic mass is 16.6. The monoisotopic (exact) mass is 1160 g/mol. The molecule has 1 unspecified atom stereocenters. The second kappa shape index (κ2) is 70.8. The highest BCUT2D eigenvalue weighted by Crippen LogP contribution is 2.17. The van der Waals surface area contributed by atoms with Crippen molar-refractivity contribution < 1.29 is 28.6 Å². The molecule has 0 saturated carbocycles. The molecule has 0 N–H and O–H groups in total. The molecule has 0 saturated heterocycles. The zero-order valence-corrected chi connectivity index (χ0v) is 54.9. The molecule has 0 aromatic carbocycles. The average molecular weight is 1160 g/mol. The summed E-state index contributed by atoms with van der Waals surface area (Å²) in [5, 5.41) is 0. The predicted octanol–water partition coefficient (Wildman–Crippen LogP) is 24.8. The van der Waals surface area contributed by atoms with Gasteiger partial charge in [-0.25, -0.2) is 0 Å². The maximum absolute atomic E-state index is 12.9. The third-order valence-electron chi connectivity index (χ3n) is 15.5. The minimum absolute atomic E-state index is 0.0891. The highest BCUT2D eigenvalue weighted by molar-refractivity contribution is 5.71. The summed E-state index contributed by atoms with van der Waals surface area (Å²) in [6, 6.07) is 0. The average Bonchev–Trinajstić information content (AvgIpc) is 3.50. The van der Waals surface area contributed by atoms with E-state index in [2.05, 4.69) is 118 Å². The minimum atomic E-state index is -0.797. The van der Waals surface area contributed by atoms with Crippen molar-refractivity contribution in [2.45, 2.75) is 361 Å². The van der Waals surface area contributed by atoms with Crippen molar-refractivity contribution in [3.05, 3.63) is 97.2 Å². The molecule has 0 aliphatic heterocycles. The summed E-state index contributed by atoms with van der Waals surface area (Å²) >= 11 is 0. The first kappa shape index (κ1) is 79.3. The normalized spacial score (nSPS) is 12.7. The third kappa shape index (κ3) is 69.0. The van der Waals surface area contributed by atoms with Crippen LogP contribution >= 0.6 is 0 Å². The van der Waals surface area contributed by atoms with Crippen LogP contribution in [0.4, 0.5) is 0 Å². The summed E-state index contributed by atoms with van der Waals surface area (Å²) in [6.45, 7) is 6.51. The molecule has 0 aliphatic carbocycles. The van der Waals surface area contributed by atoms with E-state index in [1.807, 2.05) is 0 Å². The van der Waals surface area contributed by atoms with Crippen LogP contribution in [0.1, 0.15) is 355 Å². The minimum Gasteiger partial charge on any atom is -0.462 e. The maximum atomic E-state index is 12.9. The lowest BCUT2D eigenvalue weighted by molar-refractivity contribution is -0.167. The van der Waals surface area contributed by atoms with Crippen LogP contribution in [0.2, 0.25) is 0 Å². The standard InChI is InChI=1S/C77H134O6/c1-4-7-10-13-16-19-22-25-28-31-33-34-35-36-37-38-39-40-41-42-44-46-49-52-55-58-61-64-67-70-76(79)82-73-74(72-81-75(78)69-66-63-60-57-54-51-48-45-30-27-24-21-18-15-12-9-6-3)83-77(80)71-68-65-62-59-56-53-50-47-43-32-29-26-23-20-17-14-11-8-5-2/h9,12,17-18,20-21,26-27,29-31,33,43,47-48,51,74H,4-8,10-11,13-16,19,22-25,28,32,34-42,44-46,49-50,52-73H2,1-3H3/b12-9-,20-17-,21-18-,29-26-,30-27-,33-31-,47-43-,51-48-. The Bertz CT molecular complexity index is 1610. The molecular formula is C77H134O6. The zero-order valence-electron chi connectivity index (χ0n) is 54.9. The largest absolute Gasteiger partial charge is 0.462 e. The van der Waals surface area contributed by atoms with Crippen LogP contribution in [0.5, 0.6) is 0 Å². The van der Waals surface area contributed by atoms with Crippen LogP contribution in [-0.4, -0.2) is 37.2 Å². The fourth-order valence-corrected chi connectivity index (χ4v) is 10.2. The molecule has 0 amide bonds. The molecule has 0 heterocycles. The van der Waals surface area contributed by atoms with Gasteiger partial charge in [-0.05, 0) is 122 Å². The molecule has 0 aliphatic rings. The fraction of sp³-hybridized carbons (Fsp3) is 0.753. The second-order valence-electron chi connectivity index (χ2n) is 23.8. The Labute approximate surface area is 515 Å².